The molecule has 1 aromatic heterocycles. The van der Waals surface area contributed by atoms with Crippen LogP contribution < -0.4 is 5.32 Å². The lowest BCUT2D eigenvalue weighted by Crippen LogP contribution is -2.58. The molecule has 2 amide bonds. The minimum Gasteiger partial charge on any atom is -0.362 e. The number of morpholine rings is 1. The summed E-state index contributed by atoms with van der Waals surface area (Å²) in [4.78, 5) is 26.5. The molecule has 1 N–H and O–H groups in total. The number of carbonyl (C=O) groups excluding carboxylic acids is 2. The van der Waals surface area contributed by atoms with E-state index in [2.05, 4.69) is 10.5 Å². The summed E-state index contributed by atoms with van der Waals surface area (Å²) in [6.07, 6.45) is 0. The number of likely N-dealkylation sites (N-methyl/N-ethyl adjacent to an activating group) is 1. The number of nitrogens with zero attached hydrogens (tertiary/aromatic N) is 2. The summed E-state index contributed by atoms with van der Waals surface area (Å²) >= 11 is 0. The van der Waals surface area contributed by atoms with Crippen molar-refractivity contribution in [3.05, 3.63) is 17.0 Å². The molecule has 1 unspecified atom stereocenters. The number of nitrogens with one attached hydrogen (secondary N) is 1. The molecular formula is C15H23N3O4. The molecule has 1 aromatic rings. The fraction of sp³-hybridized carbons (Fsp3) is 0.667. The maximum Gasteiger partial charge on any atom is 0.259 e. The highest BCUT2D eigenvalue weighted by Crippen LogP contribution is 2.25. The van der Waals surface area contributed by atoms with Crippen LogP contribution in [0, 0.1) is 6.92 Å². The Morgan fingerprint density at radius 2 is 2.09 bits per heavy atom. The molecule has 7 nitrogen and oxygen atoms in total. The van der Waals surface area contributed by atoms with Crippen LogP contribution in [-0.4, -0.2) is 54.2 Å². The highest BCUT2D eigenvalue weighted by atomic mass is 16.5. The van der Waals surface area contributed by atoms with Crippen LogP contribution >= 0.6 is 0 Å². The third-order valence-corrected chi connectivity index (χ3v) is 3.92. The van der Waals surface area contributed by atoms with Crippen molar-refractivity contribution in [2.75, 3.05) is 26.7 Å². The number of aromatic nitrogens is 1. The fourth-order valence-electron chi connectivity index (χ4n) is 2.65. The van der Waals surface area contributed by atoms with Crippen molar-refractivity contribution < 1.29 is 18.8 Å². The van der Waals surface area contributed by atoms with Crippen LogP contribution in [0.2, 0.25) is 0 Å². The summed E-state index contributed by atoms with van der Waals surface area (Å²) in [6.45, 7) is 8.29. The van der Waals surface area contributed by atoms with Gasteiger partial charge in [0.15, 0.2) is 5.60 Å². The summed E-state index contributed by atoms with van der Waals surface area (Å²) in [7, 11) is 1.55. The van der Waals surface area contributed by atoms with E-state index in [1.807, 2.05) is 13.8 Å². The average molecular weight is 309 g/mol. The molecule has 1 aliphatic heterocycles. The minimum atomic E-state index is -1.04. The monoisotopic (exact) mass is 309 g/mol. The quantitative estimate of drug-likeness (QED) is 0.903. The van der Waals surface area contributed by atoms with Gasteiger partial charge in [0.2, 0.25) is 0 Å². The first-order valence-corrected chi connectivity index (χ1v) is 7.41. The second-order valence-electron chi connectivity index (χ2n) is 6.04. The number of hydrogen-bond donors (Lipinski definition) is 1. The molecule has 22 heavy (non-hydrogen) atoms. The maximum atomic E-state index is 12.8. The first-order chi connectivity index (χ1) is 10.3. The molecule has 0 saturated carbocycles. The predicted octanol–water partition coefficient (Wildman–Crippen LogP) is 1.08. The van der Waals surface area contributed by atoms with Crippen molar-refractivity contribution >= 4 is 11.8 Å². The van der Waals surface area contributed by atoms with E-state index in [0.29, 0.717) is 30.2 Å². The highest BCUT2D eigenvalue weighted by molar-refractivity contribution is 5.97. The van der Waals surface area contributed by atoms with Crippen LogP contribution in [0.25, 0.3) is 0 Å². The van der Waals surface area contributed by atoms with Gasteiger partial charge in [-0.05, 0) is 19.8 Å². The van der Waals surface area contributed by atoms with Crippen molar-refractivity contribution in [1.82, 2.24) is 15.4 Å². The fourth-order valence-corrected chi connectivity index (χ4v) is 2.65. The Morgan fingerprint density at radius 1 is 1.41 bits per heavy atom. The lowest BCUT2D eigenvalue weighted by Gasteiger charge is -2.39. The molecule has 7 heteroatoms. The minimum absolute atomic E-state index is 0.0859. The van der Waals surface area contributed by atoms with Gasteiger partial charge in [-0.3, -0.25) is 9.59 Å². The van der Waals surface area contributed by atoms with Gasteiger partial charge in [-0.25, -0.2) is 0 Å². The maximum absolute atomic E-state index is 12.8. The largest absolute Gasteiger partial charge is 0.362 e. The standard InChI is InChI=1S/C15H23N3O4/c1-9(2)12-11(10(3)22-17-12)13(19)18-6-7-21-15(4,8-18)14(20)16-5/h9H,6-8H2,1-5H3,(H,16,20). The smallest absolute Gasteiger partial charge is 0.259 e. The number of amides is 2. The van der Waals surface area contributed by atoms with Gasteiger partial charge in [0.05, 0.1) is 18.8 Å². The van der Waals surface area contributed by atoms with E-state index in [4.69, 9.17) is 9.26 Å². The summed E-state index contributed by atoms with van der Waals surface area (Å²) < 4.78 is 10.8. The molecule has 0 aromatic carbocycles. The summed E-state index contributed by atoms with van der Waals surface area (Å²) in [5.74, 6) is 0.182. The van der Waals surface area contributed by atoms with Gasteiger partial charge in [0, 0.05) is 13.6 Å². The second-order valence-corrected chi connectivity index (χ2v) is 6.04. The molecule has 1 atom stereocenters. The lowest BCUT2D eigenvalue weighted by molar-refractivity contribution is -0.153. The van der Waals surface area contributed by atoms with Crippen LogP contribution in [0.4, 0.5) is 0 Å². The number of carbonyl (C=O) groups is 2. The Labute approximate surface area is 130 Å². The molecule has 2 heterocycles. The van der Waals surface area contributed by atoms with E-state index >= 15 is 0 Å². The molecule has 0 bridgehead atoms. The summed E-state index contributed by atoms with van der Waals surface area (Å²) in [5.41, 5.74) is 0.109. The Morgan fingerprint density at radius 3 is 2.68 bits per heavy atom. The molecule has 0 radical (unpaired) electrons. The SMILES string of the molecule is CNC(=O)C1(C)CN(C(=O)c2c(C(C)C)noc2C)CCO1. The predicted molar refractivity (Wildman–Crippen MR) is 79.7 cm³/mol. The Hall–Kier alpha value is -1.89. The number of hydrogen-bond acceptors (Lipinski definition) is 5. The molecule has 122 valence electrons. The molecule has 1 aliphatic rings. The molecule has 0 spiro atoms. The van der Waals surface area contributed by atoms with Gasteiger partial charge in [-0.2, -0.15) is 0 Å². The van der Waals surface area contributed by atoms with E-state index < -0.39 is 5.60 Å². The van der Waals surface area contributed by atoms with Gasteiger partial charge in [0.25, 0.3) is 11.8 Å². The van der Waals surface area contributed by atoms with Crippen molar-refractivity contribution in [1.29, 1.82) is 0 Å². The van der Waals surface area contributed by atoms with Crippen LogP contribution in [-0.2, 0) is 9.53 Å². The van der Waals surface area contributed by atoms with E-state index in [-0.39, 0.29) is 24.3 Å². The van der Waals surface area contributed by atoms with Crippen LogP contribution in [0.3, 0.4) is 0 Å². The molecule has 2 rings (SSSR count). The van der Waals surface area contributed by atoms with Gasteiger partial charge < -0.3 is 19.5 Å². The topological polar surface area (TPSA) is 84.7 Å². The van der Waals surface area contributed by atoms with Crippen molar-refractivity contribution in [3.8, 4) is 0 Å². The molecule has 0 aliphatic carbocycles. The molecule has 1 fully saturated rings. The van der Waals surface area contributed by atoms with Crippen molar-refractivity contribution in [2.45, 2.75) is 39.2 Å². The van der Waals surface area contributed by atoms with Crippen molar-refractivity contribution in [2.24, 2.45) is 0 Å². The van der Waals surface area contributed by atoms with Gasteiger partial charge >= 0.3 is 0 Å². The first kappa shape index (κ1) is 16.5. The van der Waals surface area contributed by atoms with E-state index in [9.17, 15) is 9.59 Å². The zero-order chi connectivity index (χ0) is 16.5. The van der Waals surface area contributed by atoms with Gasteiger partial charge in [-0.15, -0.1) is 0 Å². The zero-order valence-corrected chi connectivity index (χ0v) is 13.7. The summed E-state index contributed by atoms with van der Waals surface area (Å²) in [5, 5.41) is 6.56. The summed E-state index contributed by atoms with van der Waals surface area (Å²) in [6, 6.07) is 0. The van der Waals surface area contributed by atoms with Crippen molar-refractivity contribution in [3.63, 3.8) is 0 Å². The Kier molecular flexibility index (Phi) is 4.55. The van der Waals surface area contributed by atoms with E-state index in [1.165, 1.54) is 0 Å². The lowest BCUT2D eigenvalue weighted by atomic mass is 10.00. The van der Waals surface area contributed by atoms with Crippen LogP contribution in [0.5, 0.6) is 0 Å². The van der Waals surface area contributed by atoms with Crippen LogP contribution in [0.1, 0.15) is 48.5 Å². The van der Waals surface area contributed by atoms with E-state index in [0.717, 1.165) is 0 Å². The first-order valence-electron chi connectivity index (χ1n) is 7.41. The number of aryl methyl sites for hydroxylation is 1. The normalized spacial score (nSPS) is 22.0. The zero-order valence-electron chi connectivity index (χ0n) is 13.7. The number of rotatable bonds is 3. The molecule has 1 saturated heterocycles. The Balaban J connectivity index is 2.27. The van der Waals surface area contributed by atoms with Crippen LogP contribution in [0.15, 0.2) is 4.52 Å². The van der Waals surface area contributed by atoms with Gasteiger partial charge in [-0.1, -0.05) is 19.0 Å². The number of ether oxygens (including phenoxy) is 1. The second kappa shape index (κ2) is 6.08. The highest BCUT2D eigenvalue weighted by Gasteiger charge is 2.41. The average Bonchev–Trinajstić information content (AvgIpc) is 2.87. The van der Waals surface area contributed by atoms with E-state index in [1.54, 1.807) is 25.8 Å². The third-order valence-electron chi connectivity index (χ3n) is 3.92. The molecular weight excluding hydrogens is 286 g/mol. The Bertz CT molecular complexity index is 581. The van der Waals surface area contributed by atoms with Gasteiger partial charge in [0.1, 0.15) is 11.3 Å². The third kappa shape index (κ3) is 2.85.